The maximum atomic E-state index is 5.68. The monoisotopic (exact) mass is 339 g/mol. The van der Waals surface area contributed by atoms with E-state index >= 15 is 0 Å². The normalized spacial score (nSPS) is 21.1. The number of ether oxygens (including phenoxy) is 1. The number of aliphatic imine (C=N–C) groups is 1. The quantitative estimate of drug-likeness (QED) is 0.334. The Hall–Kier alpha value is -0.0400. The molecular formula is C11H22IN3O. The van der Waals surface area contributed by atoms with Gasteiger partial charge in [-0.25, -0.2) is 0 Å². The first-order chi connectivity index (χ1) is 7.34. The number of nitrogens with zero attached hydrogens (tertiary/aromatic N) is 1. The van der Waals surface area contributed by atoms with Crippen molar-refractivity contribution in [2.45, 2.75) is 38.1 Å². The summed E-state index contributed by atoms with van der Waals surface area (Å²) in [6.07, 6.45) is 6.52. The summed E-state index contributed by atoms with van der Waals surface area (Å²) >= 11 is 0. The van der Waals surface area contributed by atoms with Crippen LogP contribution in [0.25, 0.3) is 0 Å². The second-order valence-electron chi connectivity index (χ2n) is 4.56. The predicted molar refractivity (Wildman–Crippen MR) is 76.2 cm³/mol. The molecule has 0 aromatic heterocycles. The highest BCUT2D eigenvalue weighted by atomic mass is 127. The standard InChI is InChI=1S/C11H21N3O.HI/c12-11(14-10-4-5-10)13-6-7-15-8-9-2-1-3-9;/h9-10H,1-8H2,(H3,12,13,14);1H. The smallest absolute Gasteiger partial charge is 0.188 e. The first-order valence-corrected chi connectivity index (χ1v) is 5.99. The number of nitrogens with two attached hydrogens (primary N) is 1. The molecule has 0 bridgehead atoms. The van der Waals surface area contributed by atoms with E-state index in [1.165, 1.54) is 32.1 Å². The summed E-state index contributed by atoms with van der Waals surface area (Å²) < 4.78 is 5.52. The average molecular weight is 339 g/mol. The van der Waals surface area contributed by atoms with Gasteiger partial charge < -0.3 is 15.8 Å². The van der Waals surface area contributed by atoms with Crippen LogP contribution in [0.2, 0.25) is 0 Å². The van der Waals surface area contributed by atoms with Crippen LogP contribution in [-0.2, 0) is 4.74 Å². The van der Waals surface area contributed by atoms with E-state index < -0.39 is 0 Å². The fourth-order valence-corrected chi connectivity index (χ4v) is 1.62. The molecule has 0 saturated heterocycles. The molecule has 2 saturated carbocycles. The lowest BCUT2D eigenvalue weighted by Crippen LogP contribution is -2.33. The maximum absolute atomic E-state index is 5.68. The molecule has 0 aliphatic heterocycles. The van der Waals surface area contributed by atoms with Crippen LogP contribution in [-0.4, -0.2) is 31.8 Å². The molecule has 4 nitrogen and oxygen atoms in total. The fourth-order valence-electron chi connectivity index (χ4n) is 1.62. The van der Waals surface area contributed by atoms with Crippen LogP contribution >= 0.6 is 24.0 Å². The van der Waals surface area contributed by atoms with Crippen LogP contribution in [0.15, 0.2) is 4.99 Å². The third kappa shape index (κ3) is 5.34. The number of nitrogens with one attached hydrogen (secondary N) is 1. The molecule has 0 unspecified atom stereocenters. The highest BCUT2D eigenvalue weighted by Crippen LogP contribution is 2.26. The third-order valence-corrected chi connectivity index (χ3v) is 3.03. The Bertz CT molecular complexity index is 227. The van der Waals surface area contributed by atoms with Crippen LogP contribution in [0.4, 0.5) is 0 Å². The first kappa shape index (κ1) is 14.0. The van der Waals surface area contributed by atoms with Crippen LogP contribution in [0.3, 0.4) is 0 Å². The molecule has 0 aromatic carbocycles. The van der Waals surface area contributed by atoms with Gasteiger partial charge in [-0.15, -0.1) is 24.0 Å². The van der Waals surface area contributed by atoms with E-state index in [4.69, 9.17) is 10.5 Å². The summed E-state index contributed by atoms with van der Waals surface area (Å²) in [4.78, 5) is 4.20. The van der Waals surface area contributed by atoms with Gasteiger partial charge in [0, 0.05) is 12.6 Å². The maximum Gasteiger partial charge on any atom is 0.188 e. The first-order valence-electron chi connectivity index (χ1n) is 5.99. The van der Waals surface area contributed by atoms with Crippen molar-refractivity contribution in [3.8, 4) is 0 Å². The van der Waals surface area contributed by atoms with E-state index in [9.17, 15) is 0 Å². The minimum atomic E-state index is 0. The molecular weight excluding hydrogens is 317 g/mol. The topological polar surface area (TPSA) is 59.6 Å². The molecule has 16 heavy (non-hydrogen) atoms. The van der Waals surface area contributed by atoms with Crippen molar-refractivity contribution in [2.75, 3.05) is 19.8 Å². The summed E-state index contributed by atoms with van der Waals surface area (Å²) in [6, 6.07) is 0.588. The fraction of sp³-hybridized carbons (Fsp3) is 0.909. The zero-order valence-corrected chi connectivity index (χ0v) is 12.0. The predicted octanol–water partition coefficient (Wildman–Crippen LogP) is 1.49. The second-order valence-corrected chi connectivity index (χ2v) is 4.56. The van der Waals surface area contributed by atoms with E-state index in [-0.39, 0.29) is 24.0 Å². The molecule has 0 amide bonds. The van der Waals surface area contributed by atoms with Gasteiger partial charge in [0.05, 0.1) is 13.2 Å². The van der Waals surface area contributed by atoms with Crippen molar-refractivity contribution in [1.82, 2.24) is 5.32 Å². The van der Waals surface area contributed by atoms with E-state index in [0.29, 0.717) is 25.2 Å². The Morgan fingerprint density at radius 1 is 1.31 bits per heavy atom. The van der Waals surface area contributed by atoms with Crippen LogP contribution in [0.1, 0.15) is 32.1 Å². The Morgan fingerprint density at radius 3 is 2.62 bits per heavy atom. The molecule has 0 aromatic rings. The van der Waals surface area contributed by atoms with E-state index in [1.54, 1.807) is 0 Å². The minimum absolute atomic E-state index is 0. The molecule has 5 heteroatoms. The molecule has 94 valence electrons. The third-order valence-electron chi connectivity index (χ3n) is 3.03. The van der Waals surface area contributed by atoms with Gasteiger partial charge in [-0.2, -0.15) is 0 Å². The molecule has 2 rings (SSSR count). The van der Waals surface area contributed by atoms with Gasteiger partial charge in [0.25, 0.3) is 0 Å². The van der Waals surface area contributed by atoms with Gasteiger partial charge in [-0.3, -0.25) is 4.99 Å². The van der Waals surface area contributed by atoms with Gasteiger partial charge in [0.15, 0.2) is 5.96 Å². The summed E-state index contributed by atoms with van der Waals surface area (Å²) in [6.45, 7) is 2.29. The lowest BCUT2D eigenvalue weighted by molar-refractivity contribution is 0.0754. The van der Waals surface area contributed by atoms with Crippen LogP contribution in [0.5, 0.6) is 0 Å². The zero-order valence-electron chi connectivity index (χ0n) is 9.65. The molecule has 0 radical (unpaired) electrons. The molecule has 0 atom stereocenters. The van der Waals surface area contributed by atoms with Gasteiger partial charge in [0.2, 0.25) is 0 Å². The molecule has 2 aliphatic rings. The van der Waals surface area contributed by atoms with Crippen molar-refractivity contribution < 1.29 is 4.74 Å². The lowest BCUT2D eigenvalue weighted by Gasteiger charge is -2.24. The van der Waals surface area contributed by atoms with Crippen molar-refractivity contribution in [2.24, 2.45) is 16.6 Å². The number of guanidine groups is 1. The van der Waals surface area contributed by atoms with Gasteiger partial charge >= 0.3 is 0 Å². The molecule has 2 fully saturated rings. The highest BCUT2D eigenvalue weighted by Gasteiger charge is 2.21. The Kier molecular flexibility index (Phi) is 6.41. The van der Waals surface area contributed by atoms with E-state index in [0.717, 1.165) is 12.5 Å². The average Bonchev–Trinajstić information content (AvgIpc) is 2.91. The summed E-state index contributed by atoms with van der Waals surface area (Å²) in [5.74, 6) is 1.39. The van der Waals surface area contributed by atoms with Gasteiger partial charge in [0.1, 0.15) is 0 Å². The minimum Gasteiger partial charge on any atom is -0.379 e. The van der Waals surface area contributed by atoms with Crippen molar-refractivity contribution in [3.63, 3.8) is 0 Å². The SMILES string of the molecule is I.NC(=NCCOCC1CCC1)NC1CC1. The Labute approximate surface area is 114 Å². The lowest BCUT2D eigenvalue weighted by atomic mass is 9.86. The van der Waals surface area contributed by atoms with Crippen LogP contribution < -0.4 is 11.1 Å². The van der Waals surface area contributed by atoms with E-state index in [1.807, 2.05) is 0 Å². The number of halogens is 1. The number of rotatable bonds is 6. The summed E-state index contributed by atoms with van der Waals surface area (Å²) in [5, 5.41) is 3.15. The molecule has 0 spiro atoms. The van der Waals surface area contributed by atoms with Gasteiger partial charge in [-0.1, -0.05) is 6.42 Å². The van der Waals surface area contributed by atoms with Gasteiger partial charge in [-0.05, 0) is 31.6 Å². The summed E-state index contributed by atoms with van der Waals surface area (Å²) in [5.41, 5.74) is 5.68. The number of hydrogen-bond donors (Lipinski definition) is 2. The molecule has 2 aliphatic carbocycles. The van der Waals surface area contributed by atoms with Crippen LogP contribution in [0, 0.1) is 5.92 Å². The second kappa shape index (κ2) is 7.32. The molecule has 0 heterocycles. The Morgan fingerprint density at radius 2 is 2.06 bits per heavy atom. The highest BCUT2D eigenvalue weighted by molar-refractivity contribution is 14.0. The zero-order chi connectivity index (χ0) is 10.5. The van der Waals surface area contributed by atoms with E-state index in [2.05, 4.69) is 10.3 Å². The largest absolute Gasteiger partial charge is 0.379 e. The van der Waals surface area contributed by atoms with Crippen molar-refractivity contribution >= 4 is 29.9 Å². The van der Waals surface area contributed by atoms with Crippen molar-refractivity contribution in [3.05, 3.63) is 0 Å². The number of hydrogen-bond acceptors (Lipinski definition) is 2. The Balaban J connectivity index is 0.00000128. The summed E-state index contributed by atoms with van der Waals surface area (Å²) in [7, 11) is 0. The molecule has 3 N–H and O–H groups in total. The van der Waals surface area contributed by atoms with Crippen molar-refractivity contribution in [1.29, 1.82) is 0 Å².